The van der Waals surface area contributed by atoms with Crippen LogP contribution in [-0.2, 0) is 4.79 Å². The molecule has 0 aliphatic heterocycles. The lowest BCUT2D eigenvalue weighted by Gasteiger charge is -2.38. The van der Waals surface area contributed by atoms with E-state index in [-0.39, 0.29) is 17.6 Å². The zero-order valence-electron chi connectivity index (χ0n) is 19.1. The van der Waals surface area contributed by atoms with Crippen molar-refractivity contribution in [3.05, 3.63) is 47.9 Å². The largest absolute Gasteiger partial charge is 0.475 e. The molecule has 32 heavy (non-hydrogen) atoms. The van der Waals surface area contributed by atoms with E-state index in [0.29, 0.717) is 24.1 Å². The van der Waals surface area contributed by atoms with E-state index >= 15 is 0 Å². The van der Waals surface area contributed by atoms with Gasteiger partial charge in [0.15, 0.2) is 0 Å². The zero-order valence-corrected chi connectivity index (χ0v) is 19.1. The second-order valence-corrected chi connectivity index (χ2v) is 9.06. The average molecular weight is 437 g/mol. The monoisotopic (exact) mass is 436 g/mol. The Morgan fingerprint density at radius 2 is 2.00 bits per heavy atom. The molecule has 3 unspecified atom stereocenters. The number of nitrogens with zero attached hydrogens (tertiary/aromatic N) is 1. The second-order valence-electron chi connectivity index (χ2n) is 9.06. The highest BCUT2D eigenvalue weighted by Gasteiger charge is 2.30. The van der Waals surface area contributed by atoms with Gasteiger partial charge in [0.25, 0.3) is 0 Å². The Hall–Kier alpha value is -3.02. The number of rotatable bonds is 7. The number of amides is 1. The SMILES string of the molecule is CCN(C(=O)CC(C)c1c[nH]c2cccc(-c3ccc(C(=O)O)o3)c12)C1CCCCC1C. The summed E-state index contributed by atoms with van der Waals surface area (Å²) in [7, 11) is 0. The van der Waals surface area contributed by atoms with Crippen LogP contribution in [0, 0.1) is 5.92 Å². The average Bonchev–Trinajstić information content (AvgIpc) is 3.43. The van der Waals surface area contributed by atoms with Crippen molar-refractivity contribution < 1.29 is 19.1 Å². The predicted molar refractivity (Wildman–Crippen MR) is 125 cm³/mol. The summed E-state index contributed by atoms with van der Waals surface area (Å²) in [5, 5.41) is 10.2. The first-order valence-corrected chi connectivity index (χ1v) is 11.6. The Bertz CT molecular complexity index is 1110. The fourth-order valence-corrected chi connectivity index (χ4v) is 5.25. The summed E-state index contributed by atoms with van der Waals surface area (Å²) in [4.78, 5) is 30.0. The number of hydrogen-bond acceptors (Lipinski definition) is 3. The molecule has 0 bridgehead atoms. The van der Waals surface area contributed by atoms with Gasteiger partial charge >= 0.3 is 5.97 Å². The van der Waals surface area contributed by atoms with Gasteiger partial charge in [-0.25, -0.2) is 4.79 Å². The minimum Gasteiger partial charge on any atom is -0.475 e. The summed E-state index contributed by atoms with van der Waals surface area (Å²) < 4.78 is 5.58. The highest BCUT2D eigenvalue weighted by molar-refractivity contribution is 5.98. The fourth-order valence-electron chi connectivity index (χ4n) is 5.25. The van der Waals surface area contributed by atoms with Gasteiger partial charge in [0.1, 0.15) is 5.76 Å². The fraction of sp³-hybridized carbons (Fsp3) is 0.462. The molecule has 0 saturated heterocycles. The Labute approximate surface area is 188 Å². The quantitative estimate of drug-likeness (QED) is 0.472. The number of aromatic amines is 1. The number of carboxylic acid groups (broad SMARTS) is 1. The molecular weight excluding hydrogens is 404 g/mol. The van der Waals surface area contributed by atoms with E-state index in [1.807, 2.05) is 24.4 Å². The summed E-state index contributed by atoms with van der Waals surface area (Å²) >= 11 is 0. The van der Waals surface area contributed by atoms with E-state index in [0.717, 1.165) is 35.0 Å². The maximum Gasteiger partial charge on any atom is 0.371 e. The molecule has 6 heteroatoms. The van der Waals surface area contributed by atoms with Crippen LogP contribution in [0.3, 0.4) is 0 Å². The van der Waals surface area contributed by atoms with E-state index in [1.165, 1.54) is 25.3 Å². The van der Waals surface area contributed by atoms with Crippen molar-refractivity contribution in [3.8, 4) is 11.3 Å². The van der Waals surface area contributed by atoms with Gasteiger partial charge in [-0.2, -0.15) is 0 Å². The molecule has 0 spiro atoms. The van der Waals surface area contributed by atoms with Gasteiger partial charge < -0.3 is 19.4 Å². The topological polar surface area (TPSA) is 86.5 Å². The van der Waals surface area contributed by atoms with Gasteiger partial charge in [-0.1, -0.05) is 38.8 Å². The van der Waals surface area contributed by atoms with Crippen LogP contribution in [0.25, 0.3) is 22.2 Å². The van der Waals surface area contributed by atoms with Crippen molar-refractivity contribution >= 4 is 22.8 Å². The van der Waals surface area contributed by atoms with Crippen LogP contribution in [0.1, 0.15) is 74.9 Å². The number of H-pyrrole nitrogens is 1. The van der Waals surface area contributed by atoms with E-state index in [1.54, 1.807) is 6.07 Å². The summed E-state index contributed by atoms with van der Waals surface area (Å²) in [6, 6.07) is 9.33. The molecule has 6 nitrogen and oxygen atoms in total. The third kappa shape index (κ3) is 4.18. The molecule has 1 aromatic carbocycles. The first-order valence-electron chi connectivity index (χ1n) is 11.6. The van der Waals surface area contributed by atoms with Crippen LogP contribution >= 0.6 is 0 Å². The number of carboxylic acids is 1. The van der Waals surface area contributed by atoms with Crippen molar-refractivity contribution in [2.75, 3.05) is 6.54 Å². The molecule has 1 saturated carbocycles. The van der Waals surface area contributed by atoms with Crippen LogP contribution in [0.2, 0.25) is 0 Å². The van der Waals surface area contributed by atoms with Gasteiger partial charge in [0.05, 0.1) is 0 Å². The normalized spacial score (nSPS) is 19.7. The molecule has 3 atom stereocenters. The lowest BCUT2D eigenvalue weighted by atomic mass is 9.84. The molecule has 1 amide bonds. The smallest absolute Gasteiger partial charge is 0.371 e. The van der Waals surface area contributed by atoms with E-state index < -0.39 is 5.97 Å². The number of furan rings is 1. The molecule has 0 radical (unpaired) electrons. The maximum absolute atomic E-state index is 13.3. The number of benzene rings is 1. The minimum absolute atomic E-state index is 0.0132. The van der Waals surface area contributed by atoms with Gasteiger partial charge in [-0.05, 0) is 55.4 Å². The van der Waals surface area contributed by atoms with Crippen molar-refractivity contribution in [3.63, 3.8) is 0 Å². The van der Waals surface area contributed by atoms with Gasteiger partial charge in [-0.3, -0.25) is 4.79 Å². The Balaban J connectivity index is 1.61. The Kier molecular flexibility index (Phi) is 6.40. The number of aromatic nitrogens is 1. The summed E-state index contributed by atoms with van der Waals surface area (Å²) in [5.74, 6) is 0.102. The van der Waals surface area contributed by atoms with Crippen molar-refractivity contribution in [1.82, 2.24) is 9.88 Å². The standard InChI is InChI=1S/C26H32N2O4/c1-4-28(21-11-6-5-8-16(21)2)24(29)14-17(3)19-15-27-20-10-7-9-18(25(19)20)22-12-13-23(32-22)26(30)31/h7,9-10,12-13,15-17,21,27H,4-6,8,11,14H2,1-3H3,(H,30,31). The zero-order chi connectivity index (χ0) is 22.8. The minimum atomic E-state index is -1.09. The molecule has 2 heterocycles. The maximum atomic E-state index is 13.3. The van der Waals surface area contributed by atoms with Crippen LogP contribution in [0.15, 0.2) is 40.9 Å². The molecule has 1 fully saturated rings. The van der Waals surface area contributed by atoms with Crippen molar-refractivity contribution in [1.29, 1.82) is 0 Å². The summed E-state index contributed by atoms with van der Waals surface area (Å²) in [6.45, 7) is 7.17. The Morgan fingerprint density at radius 3 is 2.69 bits per heavy atom. The predicted octanol–water partition coefficient (Wildman–Crippen LogP) is 6.05. The molecule has 2 N–H and O–H groups in total. The van der Waals surface area contributed by atoms with E-state index in [9.17, 15) is 14.7 Å². The number of aromatic carboxylic acids is 1. The number of hydrogen-bond donors (Lipinski definition) is 2. The van der Waals surface area contributed by atoms with Crippen LogP contribution in [0.5, 0.6) is 0 Å². The van der Waals surface area contributed by atoms with Gasteiger partial charge in [0.2, 0.25) is 11.7 Å². The number of carbonyl (C=O) groups excluding carboxylic acids is 1. The van der Waals surface area contributed by atoms with E-state index in [4.69, 9.17) is 4.42 Å². The molecule has 2 aromatic heterocycles. The van der Waals surface area contributed by atoms with Gasteiger partial charge in [-0.15, -0.1) is 0 Å². The highest BCUT2D eigenvalue weighted by Crippen LogP contribution is 2.37. The number of carbonyl (C=O) groups is 2. The first-order chi connectivity index (χ1) is 15.4. The van der Waals surface area contributed by atoms with Crippen LogP contribution < -0.4 is 0 Å². The highest BCUT2D eigenvalue weighted by atomic mass is 16.4. The molecule has 1 aliphatic rings. The van der Waals surface area contributed by atoms with E-state index in [2.05, 4.69) is 30.7 Å². The first kappa shape index (κ1) is 22.2. The third-order valence-electron chi connectivity index (χ3n) is 6.96. The number of nitrogens with one attached hydrogen (secondary N) is 1. The van der Waals surface area contributed by atoms with Crippen molar-refractivity contribution in [2.24, 2.45) is 5.92 Å². The molecule has 3 aromatic rings. The molecule has 1 aliphatic carbocycles. The van der Waals surface area contributed by atoms with Crippen LogP contribution in [0.4, 0.5) is 0 Å². The van der Waals surface area contributed by atoms with Crippen molar-refractivity contribution in [2.45, 2.75) is 64.8 Å². The summed E-state index contributed by atoms with van der Waals surface area (Å²) in [5.41, 5.74) is 2.82. The van der Waals surface area contributed by atoms with Crippen LogP contribution in [-0.4, -0.2) is 39.5 Å². The molecule has 4 rings (SSSR count). The number of fused-ring (bicyclic) bond motifs is 1. The lowest BCUT2D eigenvalue weighted by molar-refractivity contribution is -0.135. The lowest BCUT2D eigenvalue weighted by Crippen LogP contribution is -2.45. The van der Waals surface area contributed by atoms with Gasteiger partial charge in [0, 0.05) is 41.7 Å². The summed E-state index contributed by atoms with van der Waals surface area (Å²) in [6.07, 6.45) is 7.15. The Morgan fingerprint density at radius 1 is 1.22 bits per heavy atom. The second kappa shape index (κ2) is 9.23. The molecule has 170 valence electrons. The molecular formula is C26H32N2O4. The third-order valence-corrected chi connectivity index (χ3v) is 6.96.